The maximum absolute atomic E-state index is 11.1. The highest BCUT2D eigenvalue weighted by Gasteiger charge is 2.24. The zero-order valence-corrected chi connectivity index (χ0v) is 11.2. The van der Waals surface area contributed by atoms with Crippen LogP contribution >= 0.6 is 0 Å². The lowest BCUT2D eigenvalue weighted by Crippen LogP contribution is -2.48. The van der Waals surface area contributed by atoms with Gasteiger partial charge in [0.1, 0.15) is 11.9 Å². The Morgan fingerprint density at radius 2 is 2.37 bits per heavy atom. The highest BCUT2D eigenvalue weighted by Crippen LogP contribution is 2.29. The van der Waals surface area contributed by atoms with Gasteiger partial charge >= 0.3 is 0 Å². The van der Waals surface area contributed by atoms with Gasteiger partial charge in [0.2, 0.25) is 5.91 Å². The average Bonchev–Trinajstić information content (AvgIpc) is 2.80. The fourth-order valence-electron chi connectivity index (χ4n) is 2.77. The van der Waals surface area contributed by atoms with Gasteiger partial charge in [0.15, 0.2) is 0 Å². The second-order valence-corrected chi connectivity index (χ2v) is 5.50. The molecule has 2 atom stereocenters. The van der Waals surface area contributed by atoms with E-state index in [1.807, 2.05) is 0 Å². The third kappa shape index (κ3) is 2.89. The molecular weight excluding hydrogens is 240 g/mol. The van der Waals surface area contributed by atoms with Crippen molar-refractivity contribution in [1.82, 2.24) is 10.6 Å². The molecule has 1 fully saturated rings. The van der Waals surface area contributed by atoms with E-state index in [4.69, 9.17) is 4.74 Å². The van der Waals surface area contributed by atoms with Crippen LogP contribution in [-0.2, 0) is 11.2 Å². The van der Waals surface area contributed by atoms with Crippen molar-refractivity contribution < 1.29 is 9.53 Å². The summed E-state index contributed by atoms with van der Waals surface area (Å²) in [4.78, 5) is 11.1. The number of hydrogen-bond donors (Lipinski definition) is 2. The first-order chi connectivity index (χ1) is 9.20. The molecule has 1 aromatic carbocycles. The van der Waals surface area contributed by atoms with E-state index >= 15 is 0 Å². The number of ether oxygens (including phenoxy) is 1. The SMILES string of the molecule is Cc1ccc2c(c1)CC(CNC1CCC(=O)NC1)O2. The van der Waals surface area contributed by atoms with E-state index in [0.29, 0.717) is 12.5 Å². The van der Waals surface area contributed by atoms with Crippen LogP contribution in [0.3, 0.4) is 0 Å². The predicted molar refractivity (Wildman–Crippen MR) is 73.3 cm³/mol. The first-order valence-electron chi connectivity index (χ1n) is 6.97. The fourth-order valence-corrected chi connectivity index (χ4v) is 2.77. The van der Waals surface area contributed by atoms with Gasteiger partial charge in [-0.25, -0.2) is 0 Å². The third-order valence-electron chi connectivity index (χ3n) is 3.86. The molecule has 2 heterocycles. The van der Waals surface area contributed by atoms with Crippen LogP contribution in [0.25, 0.3) is 0 Å². The zero-order chi connectivity index (χ0) is 13.2. The molecule has 1 aromatic rings. The van der Waals surface area contributed by atoms with Crippen molar-refractivity contribution in [3.8, 4) is 5.75 Å². The molecule has 0 bridgehead atoms. The van der Waals surface area contributed by atoms with Crippen molar-refractivity contribution in [3.05, 3.63) is 29.3 Å². The van der Waals surface area contributed by atoms with Crippen LogP contribution < -0.4 is 15.4 Å². The molecule has 2 aliphatic rings. The number of fused-ring (bicyclic) bond motifs is 1. The quantitative estimate of drug-likeness (QED) is 0.857. The lowest BCUT2D eigenvalue weighted by Gasteiger charge is -2.24. The van der Waals surface area contributed by atoms with Gasteiger partial charge in [-0.3, -0.25) is 4.79 Å². The molecule has 4 heteroatoms. The maximum Gasteiger partial charge on any atom is 0.220 e. The van der Waals surface area contributed by atoms with E-state index in [0.717, 1.165) is 31.7 Å². The van der Waals surface area contributed by atoms with Crippen molar-refractivity contribution >= 4 is 5.91 Å². The van der Waals surface area contributed by atoms with Crippen LogP contribution in [0.15, 0.2) is 18.2 Å². The molecule has 19 heavy (non-hydrogen) atoms. The van der Waals surface area contributed by atoms with Crippen LogP contribution in [-0.4, -0.2) is 31.1 Å². The Labute approximate surface area is 113 Å². The Bertz CT molecular complexity index is 477. The summed E-state index contributed by atoms with van der Waals surface area (Å²) in [5.41, 5.74) is 2.59. The van der Waals surface area contributed by atoms with Crippen LogP contribution in [0.5, 0.6) is 5.75 Å². The van der Waals surface area contributed by atoms with Crippen LogP contribution in [0, 0.1) is 6.92 Å². The van der Waals surface area contributed by atoms with Gasteiger partial charge in [-0.05, 0) is 25.0 Å². The third-order valence-corrected chi connectivity index (χ3v) is 3.86. The number of carbonyl (C=O) groups is 1. The van der Waals surface area contributed by atoms with Crippen LogP contribution in [0.2, 0.25) is 0 Å². The van der Waals surface area contributed by atoms with Gasteiger partial charge in [-0.15, -0.1) is 0 Å². The summed E-state index contributed by atoms with van der Waals surface area (Å²) in [7, 11) is 0. The molecule has 0 aliphatic carbocycles. The highest BCUT2D eigenvalue weighted by atomic mass is 16.5. The Morgan fingerprint density at radius 1 is 1.47 bits per heavy atom. The molecule has 102 valence electrons. The van der Waals surface area contributed by atoms with Crippen LogP contribution in [0.4, 0.5) is 0 Å². The summed E-state index contributed by atoms with van der Waals surface area (Å²) in [6.45, 7) is 3.68. The van der Waals surface area contributed by atoms with Crippen molar-refractivity contribution in [1.29, 1.82) is 0 Å². The Balaban J connectivity index is 1.49. The molecule has 4 nitrogen and oxygen atoms in total. The minimum atomic E-state index is 0.165. The van der Waals surface area contributed by atoms with Crippen molar-refractivity contribution in [3.63, 3.8) is 0 Å². The van der Waals surface area contributed by atoms with Crippen molar-refractivity contribution in [2.45, 2.75) is 38.3 Å². The largest absolute Gasteiger partial charge is 0.488 e. The number of hydrogen-bond acceptors (Lipinski definition) is 3. The molecule has 2 N–H and O–H groups in total. The van der Waals surface area contributed by atoms with Gasteiger partial charge in [0.05, 0.1) is 0 Å². The first kappa shape index (κ1) is 12.5. The molecule has 1 saturated heterocycles. The molecule has 3 rings (SSSR count). The molecule has 2 unspecified atom stereocenters. The van der Waals surface area contributed by atoms with Gasteiger partial charge < -0.3 is 15.4 Å². The normalized spacial score (nSPS) is 25.6. The lowest BCUT2D eigenvalue weighted by atomic mass is 10.1. The van der Waals surface area contributed by atoms with Crippen molar-refractivity contribution in [2.24, 2.45) is 0 Å². The van der Waals surface area contributed by atoms with Crippen molar-refractivity contribution in [2.75, 3.05) is 13.1 Å². The fraction of sp³-hybridized carbons (Fsp3) is 0.533. The number of aryl methyl sites for hydroxylation is 1. The smallest absolute Gasteiger partial charge is 0.220 e. The average molecular weight is 260 g/mol. The van der Waals surface area contributed by atoms with Crippen LogP contribution in [0.1, 0.15) is 24.0 Å². The molecule has 2 aliphatic heterocycles. The Morgan fingerprint density at radius 3 is 3.16 bits per heavy atom. The zero-order valence-electron chi connectivity index (χ0n) is 11.2. The minimum absolute atomic E-state index is 0.165. The number of amides is 1. The highest BCUT2D eigenvalue weighted by molar-refractivity contribution is 5.76. The summed E-state index contributed by atoms with van der Waals surface area (Å²) < 4.78 is 5.92. The predicted octanol–water partition coefficient (Wildman–Crippen LogP) is 1.17. The number of carbonyl (C=O) groups excluding carboxylic acids is 1. The minimum Gasteiger partial charge on any atom is -0.488 e. The second-order valence-electron chi connectivity index (χ2n) is 5.50. The number of rotatable bonds is 3. The van der Waals surface area contributed by atoms with E-state index in [-0.39, 0.29) is 12.0 Å². The van der Waals surface area contributed by atoms with E-state index in [9.17, 15) is 4.79 Å². The molecular formula is C15H20N2O2. The Hall–Kier alpha value is -1.55. The maximum atomic E-state index is 11.1. The molecule has 1 amide bonds. The van der Waals surface area contributed by atoms with Gasteiger partial charge in [0, 0.05) is 32.0 Å². The lowest BCUT2D eigenvalue weighted by molar-refractivity contribution is -0.122. The standard InChI is InChI=1S/C15H20N2O2/c1-10-2-4-14-11(6-10)7-13(19-14)9-16-12-3-5-15(18)17-8-12/h2,4,6,12-13,16H,3,5,7-9H2,1H3,(H,17,18). The molecule has 0 radical (unpaired) electrons. The van der Waals surface area contributed by atoms with Gasteiger partial charge in [-0.1, -0.05) is 17.7 Å². The van der Waals surface area contributed by atoms with Gasteiger partial charge in [-0.2, -0.15) is 0 Å². The number of benzene rings is 1. The summed E-state index contributed by atoms with van der Waals surface area (Å²) in [5, 5.41) is 6.38. The van der Waals surface area contributed by atoms with Gasteiger partial charge in [0.25, 0.3) is 0 Å². The first-order valence-corrected chi connectivity index (χ1v) is 6.97. The molecule has 0 aromatic heterocycles. The van der Waals surface area contributed by atoms with E-state index in [2.05, 4.69) is 35.8 Å². The second kappa shape index (κ2) is 5.21. The Kier molecular flexibility index (Phi) is 3.42. The molecule has 0 saturated carbocycles. The number of nitrogens with one attached hydrogen (secondary N) is 2. The summed E-state index contributed by atoms with van der Waals surface area (Å²) in [6.07, 6.45) is 2.74. The number of piperidine rings is 1. The topological polar surface area (TPSA) is 50.4 Å². The molecule has 0 spiro atoms. The summed E-state index contributed by atoms with van der Waals surface area (Å²) in [6, 6.07) is 6.74. The monoisotopic (exact) mass is 260 g/mol. The van der Waals surface area contributed by atoms with E-state index in [1.165, 1.54) is 11.1 Å². The summed E-state index contributed by atoms with van der Waals surface area (Å²) >= 11 is 0. The van der Waals surface area contributed by atoms with E-state index < -0.39 is 0 Å². The van der Waals surface area contributed by atoms with E-state index in [1.54, 1.807) is 0 Å². The summed E-state index contributed by atoms with van der Waals surface area (Å²) in [5.74, 6) is 1.19.